The minimum absolute atomic E-state index is 0.174. The van der Waals surface area contributed by atoms with Gasteiger partial charge in [0, 0.05) is 10.5 Å². The topological polar surface area (TPSA) is 12.0 Å². The molecule has 0 atom stereocenters. The van der Waals surface area contributed by atoms with Crippen molar-refractivity contribution in [3.63, 3.8) is 0 Å². The van der Waals surface area contributed by atoms with Crippen LogP contribution in [0.15, 0.2) is 40.9 Å². The van der Waals surface area contributed by atoms with Crippen LogP contribution in [0.3, 0.4) is 0 Å². The Morgan fingerprint density at radius 3 is 2.57 bits per heavy atom. The van der Waals surface area contributed by atoms with Crippen molar-refractivity contribution in [2.45, 2.75) is 24.8 Å². The molecule has 0 aromatic heterocycles. The molecule has 0 aliphatic heterocycles. The van der Waals surface area contributed by atoms with Crippen LogP contribution in [-0.2, 0) is 0 Å². The first kappa shape index (κ1) is 15.1. The minimum Gasteiger partial charge on any atom is -0.381 e. The van der Waals surface area contributed by atoms with E-state index in [2.05, 4.69) is 21.2 Å². The third-order valence-corrected chi connectivity index (χ3v) is 5.62. The average molecular weight is 389 g/mol. The summed E-state index contributed by atoms with van der Waals surface area (Å²) in [4.78, 5) is 0. The third kappa shape index (κ3) is 3.20. The van der Waals surface area contributed by atoms with Crippen LogP contribution >= 0.6 is 39.1 Å². The Kier molecular flexibility index (Phi) is 4.43. The van der Waals surface area contributed by atoms with Crippen molar-refractivity contribution in [1.29, 1.82) is 0 Å². The van der Waals surface area contributed by atoms with E-state index in [1.165, 1.54) is 6.07 Å². The molecular formula is C16H13BrCl2FN. The summed E-state index contributed by atoms with van der Waals surface area (Å²) in [7, 11) is 0. The number of halogens is 4. The third-order valence-electron chi connectivity index (χ3n) is 3.85. The molecule has 0 heterocycles. The molecule has 3 rings (SSSR count). The number of hydrogen-bond donors (Lipinski definition) is 1. The predicted octanol–water partition coefficient (Wildman–Crippen LogP) is 6.25. The molecular weight excluding hydrogens is 376 g/mol. The van der Waals surface area contributed by atoms with Gasteiger partial charge in [0.15, 0.2) is 0 Å². The summed E-state index contributed by atoms with van der Waals surface area (Å²) in [6.07, 6.45) is 1.93. The monoisotopic (exact) mass is 387 g/mol. The number of hydrogen-bond acceptors (Lipinski definition) is 1. The molecule has 1 nitrogen and oxygen atoms in total. The van der Waals surface area contributed by atoms with Crippen molar-refractivity contribution in [3.05, 3.63) is 62.3 Å². The second-order valence-corrected chi connectivity index (χ2v) is 6.90. The van der Waals surface area contributed by atoms with Gasteiger partial charge in [-0.1, -0.05) is 35.3 Å². The summed E-state index contributed by atoms with van der Waals surface area (Å²) in [5, 5.41) is 4.44. The van der Waals surface area contributed by atoms with Crippen LogP contribution in [0.1, 0.15) is 24.3 Å². The highest BCUT2D eigenvalue weighted by molar-refractivity contribution is 9.10. The van der Waals surface area contributed by atoms with Crippen molar-refractivity contribution < 1.29 is 4.39 Å². The number of benzene rings is 2. The zero-order valence-electron chi connectivity index (χ0n) is 11.0. The summed E-state index contributed by atoms with van der Waals surface area (Å²) in [5.74, 6) is 0.231. The van der Waals surface area contributed by atoms with E-state index in [0.717, 1.165) is 28.6 Å². The van der Waals surface area contributed by atoms with E-state index in [-0.39, 0.29) is 5.82 Å². The van der Waals surface area contributed by atoms with E-state index in [0.29, 0.717) is 22.0 Å². The van der Waals surface area contributed by atoms with Gasteiger partial charge in [-0.05, 0) is 64.5 Å². The van der Waals surface area contributed by atoms with Crippen LogP contribution in [0.2, 0.25) is 10.0 Å². The van der Waals surface area contributed by atoms with Gasteiger partial charge in [-0.2, -0.15) is 0 Å². The van der Waals surface area contributed by atoms with E-state index in [9.17, 15) is 4.39 Å². The molecule has 1 aliphatic rings. The van der Waals surface area contributed by atoms with Crippen LogP contribution < -0.4 is 5.32 Å². The highest BCUT2D eigenvalue weighted by atomic mass is 79.9. The molecule has 2 aromatic rings. The fourth-order valence-electron chi connectivity index (χ4n) is 2.63. The lowest BCUT2D eigenvalue weighted by molar-refractivity contribution is 0.373. The summed E-state index contributed by atoms with van der Waals surface area (Å²) in [6.45, 7) is 0. The molecule has 0 spiro atoms. The van der Waals surface area contributed by atoms with Gasteiger partial charge in [0.2, 0.25) is 0 Å². The Hall–Kier alpha value is -0.770. The Morgan fingerprint density at radius 1 is 1.10 bits per heavy atom. The first-order valence-electron chi connectivity index (χ1n) is 6.70. The number of nitrogens with one attached hydrogen (secondary N) is 1. The maximum absolute atomic E-state index is 13.2. The van der Waals surface area contributed by atoms with E-state index in [1.807, 2.05) is 18.2 Å². The van der Waals surface area contributed by atoms with Gasteiger partial charge in [0.1, 0.15) is 5.82 Å². The van der Waals surface area contributed by atoms with Crippen molar-refractivity contribution in [3.8, 4) is 0 Å². The molecule has 1 N–H and O–H groups in total. The van der Waals surface area contributed by atoms with Crippen LogP contribution in [0.25, 0.3) is 0 Å². The number of rotatable bonds is 3. The first-order valence-corrected chi connectivity index (χ1v) is 8.25. The van der Waals surface area contributed by atoms with Gasteiger partial charge < -0.3 is 5.32 Å². The zero-order chi connectivity index (χ0) is 15.0. The maximum Gasteiger partial charge on any atom is 0.123 e. The standard InChI is InChI=1S/C16H13BrCl2FN/c17-13-4-5-14(16(19)15(13)18)21-12-7-10(8-12)9-2-1-3-11(20)6-9/h1-6,10,12,21H,7-8H2. The normalized spacial score (nSPS) is 21.0. The fraction of sp³-hybridized carbons (Fsp3) is 0.250. The van der Waals surface area contributed by atoms with Gasteiger partial charge in [-0.15, -0.1) is 0 Å². The second kappa shape index (κ2) is 6.15. The maximum atomic E-state index is 13.2. The Labute approximate surface area is 141 Å². The van der Waals surface area contributed by atoms with Crippen LogP contribution in [0, 0.1) is 5.82 Å². The van der Waals surface area contributed by atoms with Crippen LogP contribution in [0.4, 0.5) is 10.1 Å². The molecule has 0 bridgehead atoms. The largest absolute Gasteiger partial charge is 0.381 e. The lowest BCUT2D eigenvalue weighted by Gasteiger charge is -2.37. The highest BCUT2D eigenvalue weighted by Gasteiger charge is 2.30. The molecule has 0 saturated heterocycles. The Morgan fingerprint density at radius 2 is 1.86 bits per heavy atom. The van der Waals surface area contributed by atoms with Gasteiger partial charge in [-0.3, -0.25) is 0 Å². The molecule has 0 unspecified atom stereocenters. The summed E-state index contributed by atoms with van der Waals surface area (Å²) < 4.78 is 14.0. The van der Waals surface area contributed by atoms with E-state index >= 15 is 0 Å². The lowest BCUT2D eigenvalue weighted by atomic mass is 9.76. The summed E-state index contributed by atoms with van der Waals surface area (Å²) in [6, 6.07) is 11.0. The molecule has 5 heteroatoms. The summed E-state index contributed by atoms with van der Waals surface area (Å²) in [5.41, 5.74) is 1.90. The highest BCUT2D eigenvalue weighted by Crippen LogP contribution is 2.41. The minimum atomic E-state index is -0.174. The fourth-order valence-corrected chi connectivity index (χ4v) is 3.45. The molecule has 0 amide bonds. The zero-order valence-corrected chi connectivity index (χ0v) is 14.1. The van der Waals surface area contributed by atoms with Crippen LogP contribution in [0.5, 0.6) is 0 Å². The second-order valence-electron chi connectivity index (χ2n) is 5.29. The van der Waals surface area contributed by atoms with Gasteiger partial charge >= 0.3 is 0 Å². The molecule has 1 fully saturated rings. The van der Waals surface area contributed by atoms with Crippen molar-refractivity contribution >= 4 is 44.8 Å². The molecule has 2 aromatic carbocycles. The first-order chi connectivity index (χ1) is 10.0. The smallest absolute Gasteiger partial charge is 0.123 e. The summed E-state index contributed by atoms with van der Waals surface area (Å²) >= 11 is 15.7. The van der Waals surface area contributed by atoms with Gasteiger partial charge in [0.05, 0.1) is 15.7 Å². The Balaban J connectivity index is 1.64. The molecule has 21 heavy (non-hydrogen) atoms. The predicted molar refractivity (Wildman–Crippen MR) is 89.9 cm³/mol. The Bertz CT molecular complexity index is 671. The van der Waals surface area contributed by atoms with E-state index in [4.69, 9.17) is 23.2 Å². The lowest BCUT2D eigenvalue weighted by Crippen LogP contribution is -2.34. The van der Waals surface area contributed by atoms with Gasteiger partial charge in [0.25, 0.3) is 0 Å². The SMILES string of the molecule is Fc1cccc(C2CC(Nc3ccc(Br)c(Cl)c3Cl)C2)c1. The van der Waals surface area contributed by atoms with E-state index < -0.39 is 0 Å². The van der Waals surface area contributed by atoms with Crippen molar-refractivity contribution in [2.75, 3.05) is 5.32 Å². The van der Waals surface area contributed by atoms with Crippen molar-refractivity contribution in [1.82, 2.24) is 0 Å². The number of anilines is 1. The molecule has 110 valence electrons. The molecule has 1 saturated carbocycles. The molecule has 0 radical (unpaired) electrons. The van der Waals surface area contributed by atoms with E-state index in [1.54, 1.807) is 12.1 Å². The van der Waals surface area contributed by atoms with Crippen LogP contribution in [-0.4, -0.2) is 6.04 Å². The quantitative estimate of drug-likeness (QED) is 0.612. The average Bonchev–Trinajstić information content (AvgIpc) is 2.42. The van der Waals surface area contributed by atoms with Crippen molar-refractivity contribution in [2.24, 2.45) is 0 Å². The molecule has 1 aliphatic carbocycles. The van der Waals surface area contributed by atoms with Gasteiger partial charge in [-0.25, -0.2) is 4.39 Å².